The fourth-order valence-corrected chi connectivity index (χ4v) is 4.50. The Morgan fingerprint density at radius 3 is 2.54 bits per heavy atom. The molecule has 1 fully saturated rings. The number of halogens is 1. The molecular weight excluding hydrogens is 472 g/mol. The van der Waals surface area contributed by atoms with E-state index in [1.54, 1.807) is 0 Å². The number of nitrogens with two attached hydrogens (primary N) is 1. The number of carbonyl (C=O) groups excluding carboxylic acids is 1. The molecule has 3 rings (SSSR count). The molecule has 1 saturated heterocycles. The number of anilines is 1. The van der Waals surface area contributed by atoms with Crippen LogP contribution in [0.1, 0.15) is 90.2 Å². The average molecular weight is 511 g/mol. The van der Waals surface area contributed by atoms with Crippen LogP contribution in [0.2, 0.25) is 5.28 Å². The summed E-state index contributed by atoms with van der Waals surface area (Å²) in [6.07, 6.45) is 14.8. The van der Waals surface area contributed by atoms with Gasteiger partial charge in [0.25, 0.3) is 0 Å². The second-order valence-corrected chi connectivity index (χ2v) is 9.38. The molecule has 2 N–H and O–H groups in total. The van der Waals surface area contributed by atoms with Gasteiger partial charge in [-0.3, -0.25) is 0 Å². The van der Waals surface area contributed by atoms with Gasteiger partial charge in [0, 0.05) is 6.20 Å². The zero-order valence-electron chi connectivity index (χ0n) is 20.8. The van der Waals surface area contributed by atoms with Gasteiger partial charge in [0.05, 0.1) is 24.7 Å². The van der Waals surface area contributed by atoms with Crippen molar-refractivity contribution in [1.82, 2.24) is 14.5 Å². The first kappa shape index (κ1) is 27.5. The van der Waals surface area contributed by atoms with Crippen LogP contribution in [0.3, 0.4) is 0 Å². The largest absolute Gasteiger partial charge is 0.510 e. The number of aromatic nitrogens is 3. The van der Waals surface area contributed by atoms with Crippen molar-refractivity contribution in [3.8, 4) is 0 Å². The predicted octanol–water partition coefficient (Wildman–Crippen LogP) is 6.39. The lowest BCUT2D eigenvalue weighted by atomic mass is 10.1. The maximum absolute atomic E-state index is 11.7. The van der Waals surface area contributed by atoms with Gasteiger partial charge in [-0.25, -0.2) is 9.78 Å². The minimum atomic E-state index is -0.695. The Hall–Kier alpha value is -2.10. The van der Waals surface area contributed by atoms with Gasteiger partial charge >= 0.3 is 6.16 Å². The van der Waals surface area contributed by atoms with Crippen molar-refractivity contribution in [2.24, 2.45) is 0 Å². The van der Waals surface area contributed by atoms with Crippen LogP contribution in [0.15, 0.2) is 12.3 Å². The first-order valence-corrected chi connectivity index (χ1v) is 13.3. The zero-order valence-corrected chi connectivity index (χ0v) is 21.5. The summed E-state index contributed by atoms with van der Waals surface area (Å²) in [5, 5.41) is 0.840. The number of fused-ring (bicyclic) bond motifs is 1. The van der Waals surface area contributed by atoms with E-state index in [9.17, 15) is 4.79 Å². The van der Waals surface area contributed by atoms with Crippen LogP contribution in [0.25, 0.3) is 11.0 Å². The predicted molar refractivity (Wildman–Crippen MR) is 135 cm³/mol. The van der Waals surface area contributed by atoms with E-state index >= 15 is 0 Å². The molecule has 1 aliphatic rings. The van der Waals surface area contributed by atoms with Gasteiger partial charge in [-0.15, -0.1) is 0 Å². The molecule has 2 aromatic rings. The molecule has 0 aromatic carbocycles. The smallest absolute Gasteiger partial charge is 0.434 e. The third kappa shape index (κ3) is 9.13. The molecule has 10 heteroatoms. The molecule has 1 unspecified atom stereocenters. The van der Waals surface area contributed by atoms with Crippen molar-refractivity contribution in [1.29, 1.82) is 0 Å². The topological polar surface area (TPSA) is 111 Å². The van der Waals surface area contributed by atoms with Crippen LogP contribution < -0.4 is 5.73 Å². The van der Waals surface area contributed by atoms with E-state index in [0.29, 0.717) is 24.7 Å². The van der Waals surface area contributed by atoms with Crippen LogP contribution in [-0.4, -0.2) is 46.8 Å². The van der Waals surface area contributed by atoms with Gasteiger partial charge in [0.1, 0.15) is 17.7 Å². The number of nitrogen functional groups attached to an aromatic ring is 1. The van der Waals surface area contributed by atoms with Crippen LogP contribution in [0.4, 0.5) is 10.6 Å². The van der Waals surface area contributed by atoms with Crippen molar-refractivity contribution in [2.45, 2.75) is 96.3 Å². The highest BCUT2D eigenvalue weighted by Gasteiger charge is 2.28. The summed E-state index contributed by atoms with van der Waals surface area (Å²) in [5.74, 6) is 0.342. The van der Waals surface area contributed by atoms with Crippen molar-refractivity contribution in [3.05, 3.63) is 17.5 Å². The summed E-state index contributed by atoms with van der Waals surface area (Å²) in [5.41, 5.74) is 6.56. The number of rotatable bonds is 16. The van der Waals surface area contributed by atoms with Gasteiger partial charge in [0.15, 0.2) is 6.79 Å². The highest BCUT2D eigenvalue weighted by molar-refractivity contribution is 6.28. The van der Waals surface area contributed by atoms with Gasteiger partial charge in [-0.1, -0.05) is 64.7 Å². The lowest BCUT2D eigenvalue weighted by Crippen LogP contribution is -2.19. The number of hydrogen-bond donors (Lipinski definition) is 1. The average Bonchev–Trinajstić information content (AvgIpc) is 3.47. The molecule has 196 valence electrons. The highest BCUT2D eigenvalue weighted by atomic mass is 35.5. The van der Waals surface area contributed by atoms with Crippen LogP contribution >= 0.6 is 11.6 Å². The Bertz CT molecular complexity index is 909. The summed E-state index contributed by atoms with van der Waals surface area (Å²) in [6.45, 7) is 2.78. The number of carbonyl (C=O) groups is 1. The molecule has 9 nitrogen and oxygen atoms in total. The Balaban J connectivity index is 1.20. The molecule has 2 atom stereocenters. The Morgan fingerprint density at radius 2 is 1.80 bits per heavy atom. The Labute approximate surface area is 212 Å². The van der Waals surface area contributed by atoms with Crippen LogP contribution in [-0.2, 0) is 18.9 Å². The van der Waals surface area contributed by atoms with Crippen molar-refractivity contribution in [3.63, 3.8) is 0 Å². The van der Waals surface area contributed by atoms with Gasteiger partial charge in [-0.2, -0.15) is 4.98 Å². The number of nitrogens with zero attached hydrogens (tertiary/aromatic N) is 3. The third-order valence-electron chi connectivity index (χ3n) is 6.25. The fourth-order valence-electron chi connectivity index (χ4n) is 4.33. The number of unbranched alkanes of at least 4 members (excludes halogenated alkanes) is 9. The van der Waals surface area contributed by atoms with E-state index in [2.05, 4.69) is 16.9 Å². The Morgan fingerprint density at radius 1 is 1.09 bits per heavy atom. The first-order valence-electron chi connectivity index (χ1n) is 12.9. The molecule has 0 amide bonds. The second kappa shape index (κ2) is 15.1. The zero-order chi connectivity index (χ0) is 24.9. The molecule has 0 radical (unpaired) electrons. The minimum absolute atomic E-state index is 0.102. The lowest BCUT2D eigenvalue weighted by molar-refractivity contribution is -0.0885. The van der Waals surface area contributed by atoms with Crippen LogP contribution in [0, 0.1) is 0 Å². The summed E-state index contributed by atoms with van der Waals surface area (Å²) in [7, 11) is 0. The van der Waals surface area contributed by atoms with Crippen LogP contribution in [0.5, 0.6) is 0 Å². The van der Waals surface area contributed by atoms with Gasteiger partial charge in [-0.05, 0) is 36.9 Å². The van der Waals surface area contributed by atoms with Gasteiger partial charge < -0.3 is 29.2 Å². The molecular formula is C25H39ClN4O5. The third-order valence-corrected chi connectivity index (χ3v) is 6.42. The first-order chi connectivity index (χ1) is 17.1. The number of hydrogen-bond acceptors (Lipinski definition) is 8. The summed E-state index contributed by atoms with van der Waals surface area (Å²) in [6, 6.07) is 1.85. The maximum atomic E-state index is 11.7. The van der Waals surface area contributed by atoms with E-state index in [1.807, 2.05) is 16.8 Å². The van der Waals surface area contributed by atoms with E-state index in [-0.39, 0.29) is 24.4 Å². The second-order valence-electron chi connectivity index (χ2n) is 9.04. The molecule has 3 heterocycles. The van der Waals surface area contributed by atoms with Crippen molar-refractivity contribution in [2.75, 3.05) is 25.7 Å². The summed E-state index contributed by atoms with van der Waals surface area (Å²) >= 11 is 5.95. The molecule has 0 spiro atoms. The van der Waals surface area contributed by atoms with E-state index < -0.39 is 6.16 Å². The summed E-state index contributed by atoms with van der Waals surface area (Å²) < 4.78 is 23.5. The van der Waals surface area contributed by atoms with Crippen molar-refractivity contribution >= 4 is 34.6 Å². The monoisotopic (exact) mass is 510 g/mol. The molecule has 2 aromatic heterocycles. The molecule has 1 aliphatic heterocycles. The number of ether oxygens (including phenoxy) is 4. The highest BCUT2D eigenvalue weighted by Crippen LogP contribution is 2.32. The molecule has 0 aliphatic carbocycles. The fraction of sp³-hybridized carbons (Fsp3) is 0.720. The summed E-state index contributed by atoms with van der Waals surface area (Å²) in [4.78, 5) is 19.9. The maximum Gasteiger partial charge on any atom is 0.510 e. The quantitative estimate of drug-likeness (QED) is 0.120. The van der Waals surface area contributed by atoms with E-state index in [1.165, 1.54) is 51.4 Å². The van der Waals surface area contributed by atoms with E-state index in [0.717, 1.165) is 31.1 Å². The Kier molecular flexibility index (Phi) is 11.9. The minimum Gasteiger partial charge on any atom is -0.434 e. The SMILES string of the molecule is CCCCCCCCCCCCOC(=O)OCOCC1CC[C@H](n2ccc3c(N)nc(Cl)nc32)O1. The molecule has 0 bridgehead atoms. The van der Waals surface area contributed by atoms with Crippen molar-refractivity contribution < 1.29 is 23.7 Å². The normalized spacial score (nSPS) is 17.8. The molecule has 35 heavy (non-hydrogen) atoms. The lowest BCUT2D eigenvalue weighted by Gasteiger charge is -2.16. The van der Waals surface area contributed by atoms with Gasteiger partial charge in [0.2, 0.25) is 5.28 Å². The molecule has 0 saturated carbocycles. The van der Waals surface area contributed by atoms with E-state index in [4.69, 9.17) is 36.3 Å². The standard InChI is InChI=1S/C25H39ClN4O5/c1-2-3-4-5-6-7-8-9-10-11-16-33-25(31)34-18-32-17-19-12-13-21(35-19)30-15-14-20-22(27)28-24(26)29-23(20)30/h14-15,19,21H,2-13,16-18H2,1H3,(H2,27,28,29)/t19?,21-/m1/s1.